The van der Waals surface area contributed by atoms with Gasteiger partial charge in [0.15, 0.2) is 0 Å². The summed E-state index contributed by atoms with van der Waals surface area (Å²) < 4.78 is 1.38. The number of hydrogen-bond donors (Lipinski definition) is 2. The zero-order chi connectivity index (χ0) is 18.7. The Labute approximate surface area is 150 Å². The summed E-state index contributed by atoms with van der Waals surface area (Å²) >= 11 is 0. The number of aromatic nitrogens is 2. The van der Waals surface area contributed by atoms with Gasteiger partial charge in [-0.25, -0.2) is 0 Å². The molecule has 0 aromatic carbocycles. The fourth-order valence-electron chi connectivity index (χ4n) is 3.24. The number of hydrogen-bond acceptors (Lipinski definition) is 6. The van der Waals surface area contributed by atoms with Crippen LogP contribution >= 0.6 is 0 Å². The van der Waals surface area contributed by atoms with Crippen LogP contribution in [-0.2, 0) is 16.1 Å². The Morgan fingerprint density at radius 1 is 1.42 bits per heavy atom. The third-order valence-corrected chi connectivity index (χ3v) is 4.92. The summed E-state index contributed by atoms with van der Waals surface area (Å²) in [6, 6.07) is 0.278. The summed E-state index contributed by atoms with van der Waals surface area (Å²) in [7, 11) is 0. The molecule has 2 aliphatic carbocycles. The molecule has 0 atom stereocenters. The van der Waals surface area contributed by atoms with Gasteiger partial charge in [-0.2, -0.15) is 5.10 Å². The van der Waals surface area contributed by atoms with Crippen LogP contribution in [0.3, 0.4) is 0 Å². The molecule has 0 bridgehead atoms. The molecule has 0 unspecified atom stereocenters. The van der Waals surface area contributed by atoms with Crippen molar-refractivity contribution in [1.29, 1.82) is 0 Å². The molecule has 1 aromatic rings. The highest BCUT2D eigenvalue weighted by atomic mass is 16.6. The predicted octanol–water partition coefficient (Wildman–Crippen LogP) is 0.625. The van der Waals surface area contributed by atoms with E-state index in [1.54, 1.807) is 0 Å². The molecular formula is C16H23N5O5. The maximum atomic E-state index is 12.0. The third-order valence-electron chi connectivity index (χ3n) is 4.92. The maximum Gasteiger partial charge on any atom is 0.317 e. The Morgan fingerprint density at radius 3 is 2.73 bits per heavy atom. The van der Waals surface area contributed by atoms with E-state index < -0.39 is 10.9 Å². The summed E-state index contributed by atoms with van der Waals surface area (Å²) in [5.41, 5.74) is -0.0959. The molecule has 1 aromatic heterocycles. The van der Waals surface area contributed by atoms with Gasteiger partial charge in [-0.1, -0.05) is 0 Å². The van der Waals surface area contributed by atoms with Gasteiger partial charge in [0, 0.05) is 31.6 Å². The van der Waals surface area contributed by atoms with Crippen LogP contribution in [0, 0.1) is 16.0 Å². The van der Waals surface area contributed by atoms with Gasteiger partial charge in [0.05, 0.1) is 11.5 Å². The number of nitro groups is 1. The van der Waals surface area contributed by atoms with Crippen molar-refractivity contribution in [2.24, 2.45) is 5.92 Å². The fraction of sp³-hybridized carbons (Fsp3) is 0.688. The minimum absolute atomic E-state index is 0.0555. The minimum atomic E-state index is -0.813. The lowest BCUT2D eigenvalue weighted by Gasteiger charge is -2.42. The van der Waals surface area contributed by atoms with E-state index >= 15 is 0 Å². The third kappa shape index (κ3) is 5.01. The molecule has 0 radical (unpaired) electrons. The van der Waals surface area contributed by atoms with E-state index in [1.807, 2.05) is 4.90 Å². The number of aryl methyl sites for hydroxylation is 1. The van der Waals surface area contributed by atoms with E-state index in [2.05, 4.69) is 10.4 Å². The van der Waals surface area contributed by atoms with Crippen molar-refractivity contribution < 1.29 is 19.6 Å². The molecular weight excluding hydrogens is 342 g/mol. The second kappa shape index (κ2) is 7.81. The first-order valence-corrected chi connectivity index (χ1v) is 8.82. The topological polar surface area (TPSA) is 131 Å². The molecule has 3 rings (SSSR count). The van der Waals surface area contributed by atoms with Gasteiger partial charge in [-0.3, -0.25) is 29.3 Å². The van der Waals surface area contributed by atoms with Crippen LogP contribution in [-0.4, -0.2) is 61.8 Å². The molecule has 10 heteroatoms. The van der Waals surface area contributed by atoms with Crippen molar-refractivity contribution in [2.75, 3.05) is 13.1 Å². The van der Waals surface area contributed by atoms with Gasteiger partial charge >= 0.3 is 11.7 Å². The van der Waals surface area contributed by atoms with Crippen molar-refractivity contribution in [3.63, 3.8) is 0 Å². The van der Waals surface area contributed by atoms with Gasteiger partial charge in [0.25, 0.3) is 0 Å². The Bertz CT molecular complexity index is 680. The first-order chi connectivity index (χ1) is 12.4. The quantitative estimate of drug-likeness (QED) is 0.459. The molecule has 2 aliphatic rings. The maximum absolute atomic E-state index is 12.0. The van der Waals surface area contributed by atoms with E-state index in [0.29, 0.717) is 5.92 Å². The SMILES string of the molecule is O=C(O)CN(CC1CC1)C1CC(NC(=O)CCn2cc([N+](=O)[O-])cn2)C1. The molecule has 0 aliphatic heterocycles. The Hall–Kier alpha value is -2.49. The number of nitrogens with one attached hydrogen (secondary N) is 1. The Morgan fingerprint density at radius 2 is 2.15 bits per heavy atom. The summed E-state index contributed by atoms with van der Waals surface area (Å²) in [5, 5.41) is 26.4. The summed E-state index contributed by atoms with van der Waals surface area (Å²) in [5.74, 6) is -0.314. The van der Waals surface area contributed by atoms with E-state index in [-0.39, 0.29) is 43.2 Å². The minimum Gasteiger partial charge on any atom is -0.480 e. The number of carbonyl (C=O) groups is 2. The molecule has 2 fully saturated rings. The van der Waals surface area contributed by atoms with E-state index in [9.17, 15) is 19.7 Å². The lowest BCUT2D eigenvalue weighted by Crippen LogP contribution is -2.55. The van der Waals surface area contributed by atoms with Crippen LogP contribution < -0.4 is 5.32 Å². The highest BCUT2D eigenvalue weighted by molar-refractivity contribution is 5.76. The summed E-state index contributed by atoms with van der Waals surface area (Å²) in [6.07, 6.45) is 6.53. The normalized spacial score (nSPS) is 22.0. The molecule has 1 heterocycles. The first-order valence-electron chi connectivity index (χ1n) is 8.82. The van der Waals surface area contributed by atoms with Crippen molar-refractivity contribution >= 4 is 17.6 Å². The second-order valence-electron chi connectivity index (χ2n) is 7.12. The monoisotopic (exact) mass is 365 g/mol. The van der Waals surface area contributed by atoms with E-state index in [1.165, 1.54) is 23.7 Å². The number of aliphatic carboxylic acids is 1. The number of nitrogens with zero attached hydrogens (tertiary/aromatic N) is 4. The average Bonchev–Trinajstić information content (AvgIpc) is 3.21. The molecule has 0 saturated heterocycles. The number of carboxylic acids is 1. The molecule has 2 saturated carbocycles. The van der Waals surface area contributed by atoms with Crippen molar-refractivity contribution in [2.45, 2.75) is 50.7 Å². The highest BCUT2D eigenvalue weighted by Gasteiger charge is 2.37. The molecule has 142 valence electrons. The highest BCUT2D eigenvalue weighted by Crippen LogP contribution is 2.33. The lowest BCUT2D eigenvalue weighted by atomic mass is 9.85. The largest absolute Gasteiger partial charge is 0.480 e. The lowest BCUT2D eigenvalue weighted by molar-refractivity contribution is -0.385. The zero-order valence-corrected chi connectivity index (χ0v) is 14.4. The predicted molar refractivity (Wildman–Crippen MR) is 90.4 cm³/mol. The Balaban J connectivity index is 1.37. The van der Waals surface area contributed by atoms with Crippen LogP contribution in [0.25, 0.3) is 0 Å². The molecule has 2 N–H and O–H groups in total. The number of rotatable bonds is 10. The number of carbonyl (C=O) groups excluding carboxylic acids is 1. The van der Waals surface area contributed by atoms with Gasteiger partial charge in [-0.15, -0.1) is 0 Å². The molecule has 0 spiro atoms. The first kappa shape index (κ1) is 18.3. The fourth-order valence-corrected chi connectivity index (χ4v) is 3.24. The van der Waals surface area contributed by atoms with Gasteiger partial charge in [0.2, 0.25) is 5.91 Å². The number of carboxylic acid groups (broad SMARTS) is 1. The van der Waals surface area contributed by atoms with Crippen LogP contribution in [0.15, 0.2) is 12.4 Å². The zero-order valence-electron chi connectivity index (χ0n) is 14.4. The smallest absolute Gasteiger partial charge is 0.317 e. The van der Waals surface area contributed by atoms with E-state index in [4.69, 9.17) is 5.11 Å². The van der Waals surface area contributed by atoms with Crippen molar-refractivity contribution in [3.05, 3.63) is 22.5 Å². The van der Waals surface area contributed by atoms with Crippen molar-refractivity contribution in [1.82, 2.24) is 20.0 Å². The van der Waals surface area contributed by atoms with Gasteiger partial charge in [-0.05, 0) is 31.6 Å². The van der Waals surface area contributed by atoms with Crippen LogP contribution in [0.1, 0.15) is 32.1 Å². The van der Waals surface area contributed by atoms with Crippen LogP contribution in [0.2, 0.25) is 0 Å². The number of amides is 1. The Kier molecular flexibility index (Phi) is 5.50. The summed E-state index contributed by atoms with van der Waals surface area (Å²) in [6.45, 7) is 1.16. The van der Waals surface area contributed by atoms with Gasteiger partial charge in [0.1, 0.15) is 12.4 Å². The second-order valence-corrected chi connectivity index (χ2v) is 7.12. The van der Waals surface area contributed by atoms with Crippen LogP contribution in [0.4, 0.5) is 5.69 Å². The van der Waals surface area contributed by atoms with Gasteiger partial charge < -0.3 is 10.4 Å². The molecule has 26 heavy (non-hydrogen) atoms. The van der Waals surface area contributed by atoms with E-state index in [0.717, 1.165) is 25.6 Å². The standard InChI is InChI=1S/C16H23N5O5/c22-15(3-4-20-9-14(7-17-20)21(25)26)18-12-5-13(6-12)19(10-16(23)24)8-11-1-2-11/h7,9,11-13H,1-6,8,10H2,(H,18,22)(H,23,24). The summed E-state index contributed by atoms with van der Waals surface area (Å²) in [4.78, 5) is 35.1. The van der Waals surface area contributed by atoms with Crippen LogP contribution in [0.5, 0.6) is 0 Å². The molecule has 10 nitrogen and oxygen atoms in total. The molecule has 1 amide bonds. The van der Waals surface area contributed by atoms with Crippen molar-refractivity contribution in [3.8, 4) is 0 Å². The average molecular weight is 365 g/mol.